The quantitative estimate of drug-likeness (QED) is 0.637. The molecule has 0 fully saturated rings. The van der Waals surface area contributed by atoms with Gasteiger partial charge in [-0.05, 0) is 25.5 Å². The number of aromatic amines is 1. The summed E-state index contributed by atoms with van der Waals surface area (Å²) in [6.07, 6.45) is 0. The number of ketones is 1. The zero-order chi connectivity index (χ0) is 16.8. The largest absolute Gasteiger partial charge is 0.446 e. The van der Waals surface area contributed by atoms with Gasteiger partial charge in [0.05, 0.1) is 21.1 Å². The predicted molar refractivity (Wildman–Crippen MR) is 81.5 cm³/mol. The van der Waals surface area contributed by atoms with Crippen LogP contribution in [0.4, 0.5) is 0 Å². The van der Waals surface area contributed by atoms with Crippen molar-refractivity contribution < 1.29 is 21.9 Å². The molecule has 0 saturated heterocycles. The van der Waals surface area contributed by atoms with Crippen LogP contribution in [0.3, 0.4) is 0 Å². The van der Waals surface area contributed by atoms with E-state index in [2.05, 4.69) is 9.17 Å². The Hall–Kier alpha value is -1.61. The van der Waals surface area contributed by atoms with E-state index in [9.17, 15) is 18.0 Å². The van der Waals surface area contributed by atoms with Crippen LogP contribution >= 0.6 is 23.2 Å². The molecule has 0 aliphatic heterocycles. The highest BCUT2D eigenvalue weighted by molar-refractivity contribution is 7.81. The number of halogens is 2. The number of aromatic nitrogens is 1. The van der Waals surface area contributed by atoms with Gasteiger partial charge in [-0.1, -0.05) is 23.2 Å². The van der Waals surface area contributed by atoms with Crippen molar-refractivity contribution in [3.63, 3.8) is 0 Å². The van der Waals surface area contributed by atoms with Crippen LogP contribution in [0.2, 0.25) is 10.0 Å². The van der Waals surface area contributed by atoms with Gasteiger partial charge in [-0.25, -0.2) is 0 Å². The molecule has 0 atom stereocenters. The molecule has 2 aromatic rings. The first kappa shape index (κ1) is 16.8. The van der Waals surface area contributed by atoms with Gasteiger partial charge in [0.2, 0.25) is 0 Å². The molecule has 22 heavy (non-hydrogen) atoms. The summed E-state index contributed by atoms with van der Waals surface area (Å²) in [4.78, 5) is 25.9. The second-order valence-corrected chi connectivity index (χ2v) is 6.28. The molecule has 0 saturated carbocycles. The Morgan fingerprint density at radius 3 is 2.41 bits per heavy atom. The molecule has 0 spiro atoms. The molecule has 2 N–H and O–H groups in total. The lowest BCUT2D eigenvalue weighted by molar-refractivity contribution is 0.101. The van der Waals surface area contributed by atoms with Gasteiger partial charge < -0.3 is 9.17 Å². The minimum atomic E-state index is -4.87. The van der Waals surface area contributed by atoms with Gasteiger partial charge in [0.15, 0.2) is 11.5 Å². The van der Waals surface area contributed by atoms with Gasteiger partial charge in [-0.15, -0.1) is 0 Å². The van der Waals surface area contributed by atoms with Gasteiger partial charge in [0.1, 0.15) is 0 Å². The maximum absolute atomic E-state index is 12.0. The third-order valence-electron chi connectivity index (χ3n) is 2.94. The third kappa shape index (κ3) is 2.95. The van der Waals surface area contributed by atoms with Crippen molar-refractivity contribution in [2.75, 3.05) is 0 Å². The van der Waals surface area contributed by atoms with E-state index in [1.165, 1.54) is 13.8 Å². The molecular formula is C12H9Cl2NO6S. The van der Waals surface area contributed by atoms with E-state index in [0.717, 1.165) is 6.07 Å². The first-order chi connectivity index (χ1) is 10.0. The van der Waals surface area contributed by atoms with E-state index in [4.69, 9.17) is 27.8 Å². The molecule has 0 unspecified atom stereocenters. The highest BCUT2D eigenvalue weighted by Crippen LogP contribution is 2.39. The number of pyridine rings is 1. The van der Waals surface area contributed by atoms with E-state index in [1.807, 2.05) is 0 Å². The second-order valence-electron chi connectivity index (χ2n) is 4.44. The molecule has 0 aliphatic rings. The van der Waals surface area contributed by atoms with E-state index in [0.29, 0.717) is 0 Å². The van der Waals surface area contributed by atoms with E-state index in [1.54, 1.807) is 0 Å². The number of benzene rings is 1. The Labute approximate surface area is 134 Å². The molecule has 0 bridgehead atoms. The van der Waals surface area contributed by atoms with Crippen molar-refractivity contribution in [2.45, 2.75) is 13.8 Å². The molecule has 0 amide bonds. The smallest absolute Gasteiger partial charge is 0.359 e. The van der Waals surface area contributed by atoms with Crippen LogP contribution < -0.4 is 9.74 Å². The minimum Gasteiger partial charge on any atom is -0.359 e. The predicted octanol–water partition coefficient (Wildman–Crippen LogP) is 2.53. The van der Waals surface area contributed by atoms with Gasteiger partial charge in [-0.3, -0.25) is 14.1 Å². The fraction of sp³-hybridized carbons (Fsp3) is 0.167. The second kappa shape index (κ2) is 5.54. The fourth-order valence-corrected chi connectivity index (χ4v) is 3.14. The number of rotatable bonds is 3. The summed E-state index contributed by atoms with van der Waals surface area (Å²) in [6, 6.07) is 1.15. The van der Waals surface area contributed by atoms with Gasteiger partial charge >= 0.3 is 10.4 Å². The monoisotopic (exact) mass is 365 g/mol. The molecule has 1 aromatic heterocycles. The number of carbonyl (C=O) groups is 1. The van der Waals surface area contributed by atoms with Gasteiger partial charge in [0.25, 0.3) is 5.56 Å². The molecule has 0 aliphatic carbocycles. The molecule has 2 rings (SSSR count). The average Bonchev–Trinajstić information content (AvgIpc) is 2.32. The lowest BCUT2D eigenvalue weighted by Crippen LogP contribution is -2.19. The number of Topliss-reactive ketones (excluding diaryl/α,β-unsaturated/α-hetero) is 1. The summed E-state index contributed by atoms with van der Waals surface area (Å²) in [6.45, 7) is 2.59. The van der Waals surface area contributed by atoms with Crippen molar-refractivity contribution in [1.29, 1.82) is 0 Å². The highest BCUT2D eigenvalue weighted by atomic mass is 35.5. The molecule has 10 heteroatoms. The topological polar surface area (TPSA) is 114 Å². The van der Waals surface area contributed by atoms with Crippen LogP contribution in [0.5, 0.6) is 5.75 Å². The SMILES string of the molecule is CC(=O)c1c(C)c2c(OS(=O)(=O)O)c(Cl)cc(Cl)c2[nH]c1=O. The first-order valence-electron chi connectivity index (χ1n) is 5.75. The van der Waals surface area contributed by atoms with Gasteiger partial charge in [-0.2, -0.15) is 8.42 Å². The van der Waals surface area contributed by atoms with Crippen LogP contribution in [-0.4, -0.2) is 23.7 Å². The van der Waals surface area contributed by atoms with Crippen LogP contribution in [0.1, 0.15) is 22.8 Å². The Balaban J connectivity index is 3.06. The van der Waals surface area contributed by atoms with Crippen molar-refractivity contribution in [1.82, 2.24) is 4.98 Å². The summed E-state index contributed by atoms with van der Waals surface area (Å²) in [5, 5.41) is -0.169. The minimum absolute atomic E-state index is 0.0138. The van der Waals surface area contributed by atoms with Crippen molar-refractivity contribution in [3.05, 3.63) is 37.6 Å². The van der Waals surface area contributed by atoms with Crippen LogP contribution in [0.15, 0.2) is 10.9 Å². The molecular weight excluding hydrogens is 357 g/mol. The zero-order valence-electron chi connectivity index (χ0n) is 11.2. The zero-order valence-corrected chi connectivity index (χ0v) is 13.6. The van der Waals surface area contributed by atoms with E-state index in [-0.39, 0.29) is 32.1 Å². The van der Waals surface area contributed by atoms with E-state index < -0.39 is 27.5 Å². The Bertz CT molecular complexity index is 964. The Kier molecular flexibility index (Phi) is 4.22. The number of aryl methyl sites for hydroxylation is 1. The summed E-state index contributed by atoms with van der Waals surface area (Å²) in [5.74, 6) is -0.964. The molecule has 118 valence electrons. The normalized spacial score (nSPS) is 11.7. The summed E-state index contributed by atoms with van der Waals surface area (Å²) in [5.41, 5.74) is -0.697. The van der Waals surface area contributed by atoms with Crippen LogP contribution in [-0.2, 0) is 10.4 Å². The molecule has 1 heterocycles. The first-order valence-corrected chi connectivity index (χ1v) is 7.87. The average molecular weight is 366 g/mol. The molecule has 7 nitrogen and oxygen atoms in total. The summed E-state index contributed by atoms with van der Waals surface area (Å²) >= 11 is 11.9. The standard InChI is InChI=1S/C12H9Cl2NO6S/c1-4-8(5(2)16)12(17)15-10-6(13)3-7(14)11(9(4)10)21-22(18,19)20/h3H,1-2H3,(H,15,17)(H,18,19,20). The van der Waals surface area contributed by atoms with Crippen molar-refractivity contribution in [2.24, 2.45) is 0 Å². The van der Waals surface area contributed by atoms with Gasteiger partial charge in [0, 0.05) is 5.39 Å². The highest BCUT2D eigenvalue weighted by Gasteiger charge is 2.23. The van der Waals surface area contributed by atoms with Crippen molar-refractivity contribution >= 4 is 50.3 Å². The number of H-pyrrole nitrogens is 1. The lowest BCUT2D eigenvalue weighted by atomic mass is 10.0. The lowest BCUT2D eigenvalue weighted by Gasteiger charge is -2.13. The third-order valence-corrected chi connectivity index (χ3v) is 3.90. The number of hydrogen-bond acceptors (Lipinski definition) is 5. The summed E-state index contributed by atoms with van der Waals surface area (Å²) in [7, 11) is -4.87. The molecule has 0 radical (unpaired) electrons. The number of nitrogens with one attached hydrogen (secondary N) is 1. The van der Waals surface area contributed by atoms with E-state index >= 15 is 0 Å². The maximum Gasteiger partial charge on any atom is 0.446 e. The number of carbonyl (C=O) groups excluding carboxylic acids is 1. The summed E-state index contributed by atoms with van der Waals surface area (Å²) < 4.78 is 35.3. The van der Waals surface area contributed by atoms with Crippen molar-refractivity contribution in [3.8, 4) is 5.75 Å². The maximum atomic E-state index is 12.0. The van der Waals surface area contributed by atoms with Crippen LogP contribution in [0, 0.1) is 6.92 Å². The Morgan fingerprint density at radius 2 is 1.91 bits per heavy atom. The fourth-order valence-electron chi connectivity index (χ4n) is 2.16. The molecule has 1 aromatic carbocycles. The Morgan fingerprint density at radius 1 is 1.32 bits per heavy atom. The van der Waals surface area contributed by atoms with Crippen LogP contribution in [0.25, 0.3) is 10.9 Å². The number of hydrogen-bond donors (Lipinski definition) is 2. The number of fused-ring (bicyclic) bond motifs is 1.